The van der Waals surface area contributed by atoms with Crippen LogP contribution in [0, 0.1) is 81.3 Å². The van der Waals surface area contributed by atoms with E-state index < -0.39 is 16.4 Å². The highest BCUT2D eigenvalue weighted by atomic mass is 16.6. The zero-order chi connectivity index (χ0) is 49.3. The van der Waals surface area contributed by atoms with E-state index in [0.717, 1.165) is 55.8 Å². The Labute approximate surface area is 442 Å². The number of benzene rings is 1. The van der Waals surface area contributed by atoms with Gasteiger partial charge < -0.3 is 25.2 Å². The Morgan fingerprint density at radius 3 is 2.36 bits per heavy atom. The summed E-state index contributed by atoms with van der Waals surface area (Å²) in [6.07, 6.45) is 39.5. The number of aryl methyl sites for hydroxylation is 1. The Balaban J connectivity index is 0.964. The smallest absolute Gasteiger partial charge is 0.339 e. The number of nitrogens with two attached hydrogens (primary N) is 1. The minimum Gasteiger partial charge on any atom is -0.509 e. The van der Waals surface area contributed by atoms with E-state index in [1.807, 2.05) is 0 Å². The van der Waals surface area contributed by atoms with Crippen LogP contribution in [-0.4, -0.2) is 65.1 Å². The third-order valence-electron chi connectivity index (χ3n) is 25.8. The lowest BCUT2D eigenvalue weighted by Gasteiger charge is -2.73. The van der Waals surface area contributed by atoms with Gasteiger partial charge in [-0.1, -0.05) is 112 Å². The number of aliphatic hydroxyl groups is 1. The second-order valence-corrected chi connectivity index (χ2v) is 28.6. The molecule has 4 spiro atoms. The second kappa shape index (κ2) is 17.1. The first kappa shape index (κ1) is 46.7. The number of allylic oxidation sites excluding steroid dienone is 4. The average Bonchev–Trinajstić information content (AvgIpc) is 3.48. The van der Waals surface area contributed by atoms with Crippen LogP contribution in [0.4, 0.5) is 0 Å². The monoisotopic (exact) mass is 1000 g/mol. The van der Waals surface area contributed by atoms with Gasteiger partial charge in [-0.15, -0.1) is 0 Å². The van der Waals surface area contributed by atoms with E-state index in [1.54, 1.807) is 16.8 Å². The van der Waals surface area contributed by atoms with Gasteiger partial charge in [0.15, 0.2) is 11.4 Å². The van der Waals surface area contributed by atoms with E-state index >= 15 is 9.59 Å². The van der Waals surface area contributed by atoms with Gasteiger partial charge in [0, 0.05) is 61.2 Å². The summed E-state index contributed by atoms with van der Waals surface area (Å²) in [6, 6.07) is 7.24. The van der Waals surface area contributed by atoms with Crippen molar-refractivity contribution in [2.24, 2.45) is 87.1 Å². The van der Waals surface area contributed by atoms with E-state index in [1.165, 1.54) is 153 Å². The van der Waals surface area contributed by atoms with Crippen molar-refractivity contribution in [1.82, 2.24) is 9.80 Å². The number of carbonyl (C=O) groups is 2. The lowest BCUT2D eigenvalue weighted by atomic mass is 9.27. The fourth-order valence-electron chi connectivity index (χ4n) is 23.4. The quantitative estimate of drug-likeness (QED) is 0.214. The minimum atomic E-state index is -1.13. The predicted octanol–water partition coefficient (Wildman–Crippen LogP) is 13.2. The zero-order valence-corrected chi connectivity index (χ0v) is 44.8. The lowest BCUT2D eigenvalue weighted by molar-refractivity contribution is -0.282. The summed E-state index contributed by atoms with van der Waals surface area (Å²) in [7, 11) is 0. The predicted molar refractivity (Wildman–Crippen MR) is 286 cm³/mol. The van der Waals surface area contributed by atoms with Crippen LogP contribution < -0.4 is 5.73 Å². The number of hydrogen-bond donors (Lipinski definition) is 2. The Morgan fingerprint density at radius 2 is 1.54 bits per heavy atom. The van der Waals surface area contributed by atoms with E-state index in [0.29, 0.717) is 95.8 Å². The molecule has 396 valence electrons. The van der Waals surface area contributed by atoms with Gasteiger partial charge in [0.25, 0.3) is 0 Å². The standard InChI is InChI=1S/C66H87N3O5/c67-29-11-18-42-16-9-19-51-56(42)61(71)74-66(51)55-33-43(40-12-3-1-4-13-40)20-21-44-31-50-49(41-14-5-2-6-15-41)32-45-22-23-52-47-30-39-36-68(38-47)53(46-17-10-27-63(35-46)25-7-8-26-63)34-54(70)60-64(66)28-24-48(57(50)59(45)69(52)37-39)58(44)65(55,64)62(72)73-60/h9,16,19-21,39-41,43-44,46-47,49-50,52-53,55,57,70H,1-8,10-15,17-18,22-38,67H2. The van der Waals surface area contributed by atoms with Crippen molar-refractivity contribution in [2.75, 3.05) is 26.2 Å². The number of aliphatic hydroxyl groups excluding tert-OH is 1. The number of fused-ring (bicyclic) bond motifs is 3. The number of esters is 2. The van der Waals surface area contributed by atoms with E-state index in [2.05, 4.69) is 40.2 Å². The molecule has 9 aliphatic heterocycles. The molecule has 15 unspecified atom stereocenters. The first-order valence-corrected chi connectivity index (χ1v) is 31.6. The maximum absolute atomic E-state index is 16.7. The van der Waals surface area contributed by atoms with Crippen molar-refractivity contribution < 1.29 is 24.2 Å². The topological polar surface area (TPSA) is 105 Å². The molecular weight excluding hydrogens is 915 g/mol. The summed E-state index contributed by atoms with van der Waals surface area (Å²) in [4.78, 5) is 38.1. The van der Waals surface area contributed by atoms with Crippen molar-refractivity contribution in [2.45, 2.75) is 204 Å². The summed E-state index contributed by atoms with van der Waals surface area (Å²) in [5.41, 5.74) is 12.6. The molecule has 3 N–H and O–H groups in total. The summed E-state index contributed by atoms with van der Waals surface area (Å²) < 4.78 is 14.8. The fraction of sp³-hybridized carbons (Fsp3) is 0.758. The highest BCUT2D eigenvalue weighted by Crippen LogP contribution is 2.88. The molecule has 74 heavy (non-hydrogen) atoms. The van der Waals surface area contributed by atoms with Gasteiger partial charge in [0.2, 0.25) is 0 Å². The maximum Gasteiger partial charge on any atom is 0.339 e. The van der Waals surface area contributed by atoms with Crippen molar-refractivity contribution in [1.29, 1.82) is 0 Å². The van der Waals surface area contributed by atoms with Gasteiger partial charge in [0.1, 0.15) is 11.2 Å². The normalized spacial score (nSPS) is 44.7. The molecule has 0 aromatic heterocycles. The molecule has 8 fully saturated rings. The van der Waals surface area contributed by atoms with Gasteiger partial charge in [-0.3, -0.25) is 9.69 Å². The number of rotatable bonds is 6. The Morgan fingerprint density at radius 1 is 0.743 bits per heavy atom. The molecule has 8 heteroatoms. The maximum atomic E-state index is 16.7. The fourth-order valence-corrected chi connectivity index (χ4v) is 23.4. The highest BCUT2D eigenvalue weighted by Gasteiger charge is 2.94. The Hall–Kier alpha value is -3.36. The molecule has 9 aliphatic carbocycles. The summed E-state index contributed by atoms with van der Waals surface area (Å²) in [6.45, 7) is 3.92. The number of piperidine rings is 2. The number of carbonyl (C=O) groups excluding carboxylic acids is 2. The molecule has 15 atom stereocenters. The third-order valence-corrected chi connectivity index (χ3v) is 25.8. The molecule has 18 aliphatic rings. The largest absolute Gasteiger partial charge is 0.509 e. The molecule has 1 aromatic rings. The number of nitrogens with zero attached hydrogens (tertiary/aromatic N) is 2. The van der Waals surface area contributed by atoms with E-state index in [-0.39, 0.29) is 35.7 Å². The third kappa shape index (κ3) is 6.11. The molecule has 9 heterocycles. The number of ether oxygens (including phenoxy) is 2. The average molecular weight is 1000 g/mol. The first-order chi connectivity index (χ1) is 36.3. The molecule has 5 saturated carbocycles. The molecule has 1 aromatic carbocycles. The van der Waals surface area contributed by atoms with Gasteiger partial charge >= 0.3 is 11.9 Å². The SMILES string of the molecule is NCCCc1cccc2c1C(=O)OC21C2CC(C3CCCCC3)C=CC3CC4C5C6=C3C23C(=O)OC(=C(O)CC(C2CCCC7(CCCC7)C2)N2CC7CC(C2)C2CCC(=C5N2C7)CC4C2CCCCC2)C31CC6. The van der Waals surface area contributed by atoms with Crippen LogP contribution in [0.25, 0.3) is 0 Å². The molecule has 12 bridgehead atoms. The van der Waals surface area contributed by atoms with E-state index in [4.69, 9.17) is 15.2 Å². The highest BCUT2D eigenvalue weighted by molar-refractivity contribution is 6.00. The van der Waals surface area contributed by atoms with Crippen LogP contribution in [0.3, 0.4) is 0 Å². The van der Waals surface area contributed by atoms with Crippen molar-refractivity contribution in [3.63, 3.8) is 0 Å². The van der Waals surface area contributed by atoms with Crippen LogP contribution >= 0.6 is 0 Å². The van der Waals surface area contributed by atoms with Crippen LogP contribution in [0.2, 0.25) is 0 Å². The summed E-state index contributed by atoms with van der Waals surface area (Å²) in [5.74, 6) is 5.11. The Kier molecular flexibility index (Phi) is 10.8. The second-order valence-electron chi connectivity index (χ2n) is 28.6. The van der Waals surface area contributed by atoms with Crippen LogP contribution in [-0.2, 0) is 26.3 Å². The Bertz CT molecular complexity index is 2650. The van der Waals surface area contributed by atoms with Gasteiger partial charge in [-0.2, -0.15) is 0 Å². The van der Waals surface area contributed by atoms with Gasteiger partial charge in [0.05, 0.1) is 11.0 Å². The van der Waals surface area contributed by atoms with Gasteiger partial charge in [-0.05, 0) is 186 Å². The minimum absolute atomic E-state index is 0.118. The molecular formula is C66H87N3O5. The summed E-state index contributed by atoms with van der Waals surface area (Å²) in [5, 5.41) is 13.8. The molecule has 19 rings (SSSR count). The van der Waals surface area contributed by atoms with Crippen LogP contribution in [0.5, 0.6) is 0 Å². The van der Waals surface area contributed by atoms with Crippen LogP contribution in [0.15, 0.2) is 64.3 Å². The zero-order valence-electron chi connectivity index (χ0n) is 44.8. The van der Waals surface area contributed by atoms with Crippen LogP contribution in [0.1, 0.15) is 201 Å². The first-order valence-electron chi connectivity index (χ1n) is 31.6. The molecule has 0 amide bonds. The summed E-state index contributed by atoms with van der Waals surface area (Å²) >= 11 is 0. The van der Waals surface area contributed by atoms with Crippen molar-refractivity contribution >= 4 is 11.9 Å². The molecule has 8 nitrogen and oxygen atoms in total. The number of hydrogen-bond acceptors (Lipinski definition) is 8. The van der Waals surface area contributed by atoms with Gasteiger partial charge in [-0.25, -0.2) is 4.79 Å². The van der Waals surface area contributed by atoms with Crippen molar-refractivity contribution in [3.05, 3.63) is 81.0 Å². The molecule has 3 saturated heterocycles. The van der Waals surface area contributed by atoms with Crippen molar-refractivity contribution in [3.8, 4) is 0 Å². The lowest BCUT2D eigenvalue weighted by Crippen LogP contribution is -2.78. The molecule has 0 radical (unpaired) electrons. The van der Waals surface area contributed by atoms with E-state index in [9.17, 15) is 5.11 Å².